The smallest absolute Gasteiger partial charge is 0.422 e. The third-order valence-electron chi connectivity index (χ3n) is 2.96. The Morgan fingerprint density at radius 2 is 1.83 bits per heavy atom. The Balaban J connectivity index is 2.13. The lowest BCUT2D eigenvalue weighted by Gasteiger charge is -2.18. The lowest BCUT2D eigenvalue weighted by atomic mass is 10.1. The first-order chi connectivity index (χ1) is 10.8. The number of hydrogen-bond acceptors (Lipinski definition) is 3. The van der Waals surface area contributed by atoms with Crippen molar-refractivity contribution < 1.29 is 22.7 Å². The number of hydrogen-bond donors (Lipinski definition) is 2. The van der Waals surface area contributed by atoms with Gasteiger partial charge in [-0.15, -0.1) is 0 Å². The molecule has 0 fully saturated rings. The van der Waals surface area contributed by atoms with Gasteiger partial charge in [-0.1, -0.05) is 36.4 Å². The van der Waals surface area contributed by atoms with E-state index in [-0.39, 0.29) is 5.75 Å². The van der Waals surface area contributed by atoms with Crippen LogP contribution in [0.15, 0.2) is 54.6 Å². The van der Waals surface area contributed by atoms with Crippen molar-refractivity contribution in [3.63, 3.8) is 0 Å². The van der Waals surface area contributed by atoms with Crippen molar-refractivity contribution in [2.75, 3.05) is 11.9 Å². The number of anilines is 1. The lowest BCUT2D eigenvalue weighted by Crippen LogP contribution is -2.27. The summed E-state index contributed by atoms with van der Waals surface area (Å²) < 4.78 is 41.2. The number of halogens is 3. The Labute approximate surface area is 131 Å². The van der Waals surface area contributed by atoms with Gasteiger partial charge in [0.2, 0.25) is 5.91 Å². The van der Waals surface area contributed by atoms with Gasteiger partial charge >= 0.3 is 6.18 Å². The average Bonchev–Trinajstić information content (AvgIpc) is 2.51. The van der Waals surface area contributed by atoms with Gasteiger partial charge in [0.15, 0.2) is 6.61 Å². The molecule has 23 heavy (non-hydrogen) atoms. The zero-order chi connectivity index (χ0) is 16.9. The molecule has 2 aromatic carbocycles. The Kier molecular flexibility index (Phi) is 5.10. The molecule has 0 aromatic heterocycles. The van der Waals surface area contributed by atoms with E-state index in [4.69, 9.17) is 5.73 Å². The van der Waals surface area contributed by atoms with Crippen LogP contribution in [-0.4, -0.2) is 18.7 Å². The molecule has 0 unspecified atom stereocenters. The molecule has 0 saturated carbocycles. The van der Waals surface area contributed by atoms with Crippen molar-refractivity contribution in [3.8, 4) is 5.75 Å². The molecule has 122 valence electrons. The lowest BCUT2D eigenvalue weighted by molar-refractivity contribution is -0.153. The summed E-state index contributed by atoms with van der Waals surface area (Å²) in [6, 6.07) is 13.9. The highest BCUT2D eigenvalue weighted by atomic mass is 19.4. The highest BCUT2D eigenvalue weighted by Crippen LogP contribution is 2.24. The summed E-state index contributed by atoms with van der Waals surface area (Å²) in [4.78, 5) is 11.6. The van der Waals surface area contributed by atoms with Crippen LogP contribution < -0.4 is 15.8 Å². The van der Waals surface area contributed by atoms with Crippen LogP contribution in [0.1, 0.15) is 11.6 Å². The van der Waals surface area contributed by atoms with Crippen LogP contribution in [0.2, 0.25) is 0 Å². The first kappa shape index (κ1) is 16.7. The van der Waals surface area contributed by atoms with Crippen LogP contribution in [0.3, 0.4) is 0 Å². The molecule has 2 aromatic rings. The minimum Gasteiger partial charge on any atom is -0.484 e. The fourth-order valence-corrected chi connectivity index (χ4v) is 1.97. The molecule has 0 aliphatic heterocycles. The molecule has 0 saturated heterocycles. The number of carbonyl (C=O) groups excluding carboxylic acids is 1. The summed E-state index contributed by atoms with van der Waals surface area (Å²) in [5, 5.41) is 2.90. The van der Waals surface area contributed by atoms with Crippen molar-refractivity contribution in [1.82, 2.24) is 0 Å². The zero-order valence-corrected chi connectivity index (χ0v) is 12.0. The molecule has 0 radical (unpaired) electrons. The predicted octanol–water partition coefficient (Wildman–Crippen LogP) is 3.27. The summed E-state index contributed by atoms with van der Waals surface area (Å²) in [5.41, 5.74) is 6.47. The number of alkyl halides is 3. The van der Waals surface area contributed by atoms with Gasteiger partial charge in [0.1, 0.15) is 11.8 Å². The van der Waals surface area contributed by atoms with Crippen LogP contribution in [0.25, 0.3) is 0 Å². The van der Waals surface area contributed by atoms with Crippen LogP contribution in [0.5, 0.6) is 5.75 Å². The van der Waals surface area contributed by atoms with Crippen molar-refractivity contribution in [3.05, 3.63) is 60.2 Å². The van der Waals surface area contributed by atoms with Gasteiger partial charge in [-0.05, 0) is 17.7 Å². The molecule has 1 atom stereocenters. The molecule has 0 bridgehead atoms. The topological polar surface area (TPSA) is 64.4 Å². The third kappa shape index (κ3) is 5.21. The van der Waals surface area contributed by atoms with E-state index in [9.17, 15) is 18.0 Å². The Hall–Kier alpha value is -2.70. The Morgan fingerprint density at radius 3 is 2.43 bits per heavy atom. The van der Waals surface area contributed by atoms with Gasteiger partial charge in [-0.25, -0.2) is 0 Å². The highest BCUT2D eigenvalue weighted by molar-refractivity contribution is 5.84. The quantitative estimate of drug-likeness (QED) is 0.857. The molecule has 2 rings (SSSR count). The number of amides is 1. The maximum atomic E-state index is 12.2. The fraction of sp³-hybridized carbons (Fsp3) is 0.188. The van der Waals surface area contributed by atoms with Crippen LogP contribution in [-0.2, 0) is 4.79 Å². The molecule has 7 heteroatoms. The van der Waals surface area contributed by atoms with Gasteiger partial charge in [-0.2, -0.15) is 13.2 Å². The molecular weight excluding hydrogens is 309 g/mol. The molecule has 4 nitrogen and oxygen atoms in total. The van der Waals surface area contributed by atoms with E-state index in [2.05, 4.69) is 10.1 Å². The number of rotatable bonds is 6. The van der Waals surface area contributed by atoms with Crippen LogP contribution in [0.4, 0.5) is 18.9 Å². The number of nitrogens with one attached hydrogen (secondary N) is 1. The van der Waals surface area contributed by atoms with Gasteiger partial charge in [0.05, 0.1) is 0 Å². The Bertz CT molecular complexity index is 660. The van der Waals surface area contributed by atoms with E-state index in [1.54, 1.807) is 36.4 Å². The van der Waals surface area contributed by atoms with Crippen molar-refractivity contribution in [2.45, 2.75) is 12.2 Å². The molecule has 0 aliphatic carbocycles. The van der Waals surface area contributed by atoms with E-state index in [0.717, 1.165) is 0 Å². The standard InChI is InChI=1S/C16H15F3N2O2/c17-16(18,19)10-23-13-8-4-7-12(9-13)21-14(15(20)22)11-5-2-1-3-6-11/h1-9,14,21H,10H2,(H2,20,22)/t14-/m0/s1. The highest BCUT2D eigenvalue weighted by Gasteiger charge is 2.28. The van der Waals surface area contributed by atoms with E-state index >= 15 is 0 Å². The molecule has 0 aliphatic rings. The summed E-state index contributed by atoms with van der Waals surface area (Å²) in [6.45, 7) is -1.38. The van der Waals surface area contributed by atoms with Gasteiger partial charge < -0.3 is 15.8 Å². The minimum absolute atomic E-state index is 0.0450. The first-order valence-electron chi connectivity index (χ1n) is 6.75. The molecular formula is C16H15F3N2O2. The second-order valence-corrected chi connectivity index (χ2v) is 4.82. The normalized spacial score (nSPS) is 12.5. The summed E-state index contributed by atoms with van der Waals surface area (Å²) in [5.74, 6) is -0.554. The zero-order valence-electron chi connectivity index (χ0n) is 12.0. The van der Waals surface area contributed by atoms with E-state index in [1.165, 1.54) is 18.2 Å². The maximum absolute atomic E-state index is 12.2. The fourth-order valence-electron chi connectivity index (χ4n) is 1.97. The largest absolute Gasteiger partial charge is 0.484 e. The van der Waals surface area contributed by atoms with Crippen molar-refractivity contribution in [2.24, 2.45) is 5.73 Å². The van der Waals surface area contributed by atoms with Gasteiger partial charge in [-0.3, -0.25) is 4.79 Å². The van der Waals surface area contributed by atoms with Gasteiger partial charge in [0, 0.05) is 11.8 Å². The maximum Gasteiger partial charge on any atom is 0.422 e. The number of primary amides is 1. The van der Waals surface area contributed by atoms with Crippen LogP contribution >= 0.6 is 0 Å². The first-order valence-corrected chi connectivity index (χ1v) is 6.75. The van der Waals surface area contributed by atoms with E-state index < -0.39 is 24.7 Å². The Morgan fingerprint density at radius 1 is 1.13 bits per heavy atom. The van der Waals surface area contributed by atoms with E-state index in [1.807, 2.05) is 0 Å². The second kappa shape index (κ2) is 7.04. The average molecular weight is 324 g/mol. The summed E-state index contributed by atoms with van der Waals surface area (Å²) in [7, 11) is 0. The molecule has 0 spiro atoms. The number of benzene rings is 2. The second-order valence-electron chi connectivity index (χ2n) is 4.82. The molecule has 1 amide bonds. The monoisotopic (exact) mass is 324 g/mol. The SMILES string of the molecule is NC(=O)[C@@H](Nc1cccc(OCC(F)(F)F)c1)c1ccccc1. The van der Waals surface area contributed by atoms with E-state index in [0.29, 0.717) is 11.3 Å². The summed E-state index contributed by atoms with van der Waals surface area (Å²) in [6.07, 6.45) is -4.41. The number of ether oxygens (including phenoxy) is 1. The third-order valence-corrected chi connectivity index (χ3v) is 2.96. The number of carbonyl (C=O) groups is 1. The van der Waals surface area contributed by atoms with Crippen LogP contribution in [0, 0.1) is 0 Å². The summed E-state index contributed by atoms with van der Waals surface area (Å²) >= 11 is 0. The minimum atomic E-state index is -4.41. The molecule has 0 heterocycles. The molecule has 3 N–H and O–H groups in total. The van der Waals surface area contributed by atoms with Gasteiger partial charge in [0.25, 0.3) is 0 Å². The number of nitrogens with two attached hydrogens (primary N) is 1. The predicted molar refractivity (Wildman–Crippen MR) is 80.0 cm³/mol. The van der Waals surface area contributed by atoms with Crippen molar-refractivity contribution in [1.29, 1.82) is 0 Å². The van der Waals surface area contributed by atoms with Crippen molar-refractivity contribution >= 4 is 11.6 Å².